The maximum atomic E-state index is 12.0. The van der Waals surface area contributed by atoms with Crippen molar-refractivity contribution < 1.29 is 10.0 Å². The number of carbonyl (C=O) groups is 1. The molecule has 1 aromatic carbocycles. The standard InChI is InChI=1S/C12H10BrN3O2S/c1-7(16-18)10-6-19-12(14-10)15-11(17)8-4-2-3-5-9(8)13/h2-6,18H,1H3,(H,14,15,17). The number of rotatable bonds is 3. The molecule has 0 saturated carbocycles. The van der Waals surface area contributed by atoms with E-state index in [1.165, 1.54) is 11.3 Å². The summed E-state index contributed by atoms with van der Waals surface area (Å²) >= 11 is 4.59. The van der Waals surface area contributed by atoms with Crippen molar-refractivity contribution >= 4 is 44.0 Å². The van der Waals surface area contributed by atoms with Crippen molar-refractivity contribution in [1.82, 2.24) is 4.98 Å². The average Bonchev–Trinajstić information content (AvgIpc) is 2.86. The summed E-state index contributed by atoms with van der Waals surface area (Å²) in [5, 5.41) is 16.6. The maximum absolute atomic E-state index is 12.0. The summed E-state index contributed by atoms with van der Waals surface area (Å²) in [6.07, 6.45) is 0. The van der Waals surface area contributed by atoms with Crippen molar-refractivity contribution in [2.75, 3.05) is 5.32 Å². The fraction of sp³-hybridized carbons (Fsp3) is 0.0833. The van der Waals surface area contributed by atoms with E-state index in [1.807, 2.05) is 6.07 Å². The number of hydrogen-bond donors (Lipinski definition) is 2. The fourth-order valence-corrected chi connectivity index (χ4v) is 2.57. The Kier molecular flexibility index (Phi) is 4.28. The van der Waals surface area contributed by atoms with Crippen molar-refractivity contribution in [2.24, 2.45) is 5.16 Å². The van der Waals surface area contributed by atoms with Gasteiger partial charge in [0.25, 0.3) is 5.91 Å². The topological polar surface area (TPSA) is 74.6 Å². The number of nitrogens with one attached hydrogen (secondary N) is 1. The minimum atomic E-state index is -0.244. The number of thiazole rings is 1. The van der Waals surface area contributed by atoms with Gasteiger partial charge in [0.1, 0.15) is 11.4 Å². The van der Waals surface area contributed by atoms with Crippen molar-refractivity contribution in [3.05, 3.63) is 45.4 Å². The molecule has 0 saturated heterocycles. The molecule has 98 valence electrons. The second-order valence-electron chi connectivity index (χ2n) is 3.66. The van der Waals surface area contributed by atoms with Crippen LogP contribution in [0.2, 0.25) is 0 Å². The van der Waals surface area contributed by atoms with E-state index in [2.05, 4.69) is 31.4 Å². The van der Waals surface area contributed by atoms with E-state index in [1.54, 1.807) is 30.5 Å². The predicted octanol–water partition coefficient (Wildman–Crippen LogP) is 3.36. The van der Waals surface area contributed by atoms with Gasteiger partial charge < -0.3 is 5.21 Å². The summed E-state index contributed by atoms with van der Waals surface area (Å²) in [4.78, 5) is 16.2. The molecule has 2 aromatic rings. The number of aromatic nitrogens is 1. The van der Waals surface area contributed by atoms with Gasteiger partial charge in [-0.15, -0.1) is 11.3 Å². The second kappa shape index (κ2) is 5.94. The third kappa shape index (κ3) is 3.18. The summed E-state index contributed by atoms with van der Waals surface area (Å²) in [5.74, 6) is -0.244. The first-order valence-corrected chi connectivity index (χ1v) is 6.99. The Morgan fingerprint density at radius 1 is 1.47 bits per heavy atom. The van der Waals surface area contributed by atoms with Gasteiger partial charge in [0.15, 0.2) is 5.13 Å². The summed E-state index contributed by atoms with van der Waals surface area (Å²) in [7, 11) is 0. The number of hydrogen-bond acceptors (Lipinski definition) is 5. The van der Waals surface area contributed by atoms with Crippen LogP contribution < -0.4 is 5.32 Å². The minimum Gasteiger partial charge on any atom is -0.411 e. The Balaban J connectivity index is 2.16. The summed E-state index contributed by atoms with van der Waals surface area (Å²) < 4.78 is 0.720. The SMILES string of the molecule is CC(=NO)c1csc(NC(=O)c2ccccc2Br)n1. The largest absolute Gasteiger partial charge is 0.411 e. The average molecular weight is 340 g/mol. The first kappa shape index (κ1) is 13.7. The molecule has 1 aromatic heterocycles. The Morgan fingerprint density at radius 3 is 2.89 bits per heavy atom. The van der Waals surface area contributed by atoms with E-state index in [-0.39, 0.29) is 5.91 Å². The Labute approximate surface area is 122 Å². The van der Waals surface area contributed by atoms with Gasteiger partial charge in [-0.25, -0.2) is 4.98 Å². The van der Waals surface area contributed by atoms with E-state index in [9.17, 15) is 4.79 Å². The molecule has 2 N–H and O–H groups in total. The van der Waals surface area contributed by atoms with E-state index >= 15 is 0 Å². The molecule has 5 nitrogen and oxygen atoms in total. The number of carbonyl (C=O) groups excluding carboxylic acids is 1. The van der Waals surface area contributed by atoms with Crippen LogP contribution in [0.3, 0.4) is 0 Å². The Hall–Kier alpha value is -1.73. The van der Waals surface area contributed by atoms with Gasteiger partial charge in [0.2, 0.25) is 0 Å². The highest BCUT2D eigenvalue weighted by Crippen LogP contribution is 2.20. The fourth-order valence-electron chi connectivity index (χ4n) is 1.36. The minimum absolute atomic E-state index is 0.244. The first-order chi connectivity index (χ1) is 9.11. The lowest BCUT2D eigenvalue weighted by Gasteiger charge is -2.03. The molecule has 0 fully saturated rings. The van der Waals surface area contributed by atoms with E-state index in [0.717, 1.165) is 4.47 Å². The van der Waals surface area contributed by atoms with E-state index < -0.39 is 0 Å². The van der Waals surface area contributed by atoms with Crippen molar-refractivity contribution in [3.63, 3.8) is 0 Å². The zero-order valence-corrected chi connectivity index (χ0v) is 12.3. The molecule has 0 radical (unpaired) electrons. The number of benzene rings is 1. The number of amides is 1. The number of oxime groups is 1. The van der Waals surface area contributed by atoms with Crippen LogP contribution in [0, 0.1) is 0 Å². The van der Waals surface area contributed by atoms with Gasteiger partial charge in [-0.1, -0.05) is 17.3 Å². The molecule has 1 amide bonds. The third-order valence-corrected chi connectivity index (χ3v) is 3.81. The normalized spacial score (nSPS) is 11.4. The Bertz CT molecular complexity index is 639. The molecule has 0 spiro atoms. The van der Waals surface area contributed by atoms with Gasteiger partial charge >= 0.3 is 0 Å². The number of halogens is 1. The van der Waals surface area contributed by atoms with Crippen LogP contribution in [0.15, 0.2) is 39.3 Å². The molecular weight excluding hydrogens is 330 g/mol. The van der Waals surface area contributed by atoms with Crippen LogP contribution >= 0.6 is 27.3 Å². The molecule has 7 heteroatoms. The number of anilines is 1. The van der Waals surface area contributed by atoms with Crippen LogP contribution in [-0.2, 0) is 0 Å². The molecule has 0 unspecified atom stereocenters. The predicted molar refractivity (Wildman–Crippen MR) is 78.2 cm³/mol. The van der Waals surface area contributed by atoms with Gasteiger partial charge in [-0.05, 0) is 35.0 Å². The van der Waals surface area contributed by atoms with Crippen LogP contribution in [0.25, 0.3) is 0 Å². The molecule has 0 aliphatic rings. The van der Waals surface area contributed by atoms with Crippen molar-refractivity contribution in [2.45, 2.75) is 6.92 Å². The molecule has 1 heterocycles. The maximum Gasteiger partial charge on any atom is 0.258 e. The van der Waals surface area contributed by atoms with Crippen LogP contribution in [0.4, 0.5) is 5.13 Å². The van der Waals surface area contributed by atoms with Crippen LogP contribution in [0.1, 0.15) is 23.0 Å². The second-order valence-corrected chi connectivity index (χ2v) is 5.37. The smallest absolute Gasteiger partial charge is 0.258 e. The third-order valence-electron chi connectivity index (χ3n) is 2.36. The molecule has 0 bridgehead atoms. The molecule has 0 atom stereocenters. The molecule has 2 rings (SSSR count). The highest BCUT2D eigenvalue weighted by molar-refractivity contribution is 9.10. The molecule has 19 heavy (non-hydrogen) atoms. The highest BCUT2D eigenvalue weighted by atomic mass is 79.9. The van der Waals surface area contributed by atoms with E-state index in [4.69, 9.17) is 5.21 Å². The van der Waals surface area contributed by atoms with Crippen LogP contribution in [-0.4, -0.2) is 21.8 Å². The van der Waals surface area contributed by atoms with Crippen LogP contribution in [0.5, 0.6) is 0 Å². The summed E-state index contributed by atoms with van der Waals surface area (Å²) in [6, 6.07) is 7.14. The zero-order chi connectivity index (χ0) is 13.8. The van der Waals surface area contributed by atoms with Gasteiger partial charge in [-0.3, -0.25) is 10.1 Å². The van der Waals surface area contributed by atoms with Crippen molar-refractivity contribution in [1.29, 1.82) is 0 Å². The summed E-state index contributed by atoms with van der Waals surface area (Å²) in [5.41, 5.74) is 1.47. The molecule has 0 aliphatic heterocycles. The zero-order valence-electron chi connectivity index (χ0n) is 9.92. The summed E-state index contributed by atoms with van der Waals surface area (Å²) in [6.45, 7) is 1.63. The van der Waals surface area contributed by atoms with Gasteiger partial charge in [0.05, 0.1) is 5.56 Å². The van der Waals surface area contributed by atoms with Gasteiger partial charge in [0, 0.05) is 9.85 Å². The van der Waals surface area contributed by atoms with Gasteiger partial charge in [-0.2, -0.15) is 0 Å². The molecule has 0 aliphatic carbocycles. The highest BCUT2D eigenvalue weighted by Gasteiger charge is 2.12. The Morgan fingerprint density at radius 2 is 2.21 bits per heavy atom. The number of nitrogens with zero attached hydrogens (tertiary/aromatic N) is 2. The first-order valence-electron chi connectivity index (χ1n) is 5.32. The molecular formula is C12H10BrN3O2S. The monoisotopic (exact) mass is 339 g/mol. The van der Waals surface area contributed by atoms with Crippen molar-refractivity contribution in [3.8, 4) is 0 Å². The lowest BCUT2D eigenvalue weighted by molar-refractivity contribution is 0.102. The van der Waals surface area contributed by atoms with E-state index in [0.29, 0.717) is 22.1 Å². The quantitative estimate of drug-likeness (QED) is 0.511. The lowest BCUT2D eigenvalue weighted by atomic mass is 10.2. The lowest BCUT2D eigenvalue weighted by Crippen LogP contribution is -2.12.